The van der Waals surface area contributed by atoms with Gasteiger partial charge in [-0.15, -0.1) is 11.8 Å². The summed E-state index contributed by atoms with van der Waals surface area (Å²) < 4.78 is 0. The molecule has 0 spiro atoms. The molecule has 1 rings (SSSR count). The lowest BCUT2D eigenvalue weighted by atomic mass is 10.4. The highest BCUT2D eigenvalue weighted by molar-refractivity contribution is 7.98. The lowest BCUT2D eigenvalue weighted by Gasteiger charge is -1.96. The van der Waals surface area contributed by atoms with Gasteiger partial charge in [-0.2, -0.15) is 5.26 Å². The van der Waals surface area contributed by atoms with Gasteiger partial charge in [-0.3, -0.25) is 0 Å². The van der Waals surface area contributed by atoms with Crippen LogP contribution in [0.4, 0.5) is 0 Å². The quantitative estimate of drug-likeness (QED) is 0.491. The van der Waals surface area contributed by atoms with Gasteiger partial charge in [0.05, 0.1) is 0 Å². The van der Waals surface area contributed by atoms with E-state index in [0.29, 0.717) is 10.6 Å². The van der Waals surface area contributed by atoms with Gasteiger partial charge in [0.15, 0.2) is 11.5 Å². The molecule has 55 valence electrons. The predicted octanol–water partition coefficient (Wildman–Crippen LogP) is 1.52. The van der Waals surface area contributed by atoms with Crippen molar-refractivity contribution in [2.24, 2.45) is 0 Å². The van der Waals surface area contributed by atoms with E-state index in [1.807, 2.05) is 12.3 Å². The van der Waals surface area contributed by atoms with E-state index in [-0.39, 0.29) is 5.15 Å². The Bertz CT molecular complexity index is 307. The molecule has 0 bridgehead atoms. The molecule has 0 aliphatic heterocycles. The van der Waals surface area contributed by atoms with Gasteiger partial charge in [0.1, 0.15) is 16.7 Å². The van der Waals surface area contributed by atoms with E-state index in [1.165, 1.54) is 11.8 Å². The van der Waals surface area contributed by atoms with Crippen LogP contribution in [0.2, 0.25) is 5.15 Å². The van der Waals surface area contributed by atoms with Gasteiger partial charge in [0, 0.05) is 0 Å². The molecule has 0 amide bonds. The van der Waals surface area contributed by atoms with Crippen molar-refractivity contribution in [3.63, 3.8) is 0 Å². The Morgan fingerprint density at radius 2 is 2.36 bits per heavy atom. The van der Waals surface area contributed by atoms with Crippen LogP contribution in [0.1, 0.15) is 5.56 Å². The SMILES string of the molecule is CSc1n[c]nc(Cl)c1C#N. The largest absolute Gasteiger partial charge is 0.217 e. The first kappa shape index (κ1) is 8.31. The molecule has 0 aliphatic carbocycles. The van der Waals surface area contributed by atoms with Crippen molar-refractivity contribution in [1.82, 2.24) is 9.97 Å². The van der Waals surface area contributed by atoms with Crippen LogP contribution in [0.5, 0.6) is 0 Å². The highest BCUT2D eigenvalue weighted by Gasteiger charge is 2.07. The van der Waals surface area contributed by atoms with Crippen molar-refractivity contribution in [2.75, 3.05) is 6.26 Å². The number of thioether (sulfide) groups is 1. The summed E-state index contributed by atoms with van der Waals surface area (Å²) in [5.41, 5.74) is 0.318. The molecular formula is C6H3ClN3S. The number of hydrogen-bond acceptors (Lipinski definition) is 4. The Morgan fingerprint density at radius 1 is 1.64 bits per heavy atom. The molecule has 1 aromatic rings. The maximum Gasteiger partial charge on any atom is 0.200 e. The Labute approximate surface area is 73.4 Å². The third-order valence-corrected chi connectivity index (χ3v) is 1.98. The van der Waals surface area contributed by atoms with Gasteiger partial charge in [-0.1, -0.05) is 11.6 Å². The van der Waals surface area contributed by atoms with Crippen molar-refractivity contribution < 1.29 is 0 Å². The van der Waals surface area contributed by atoms with Crippen molar-refractivity contribution in [1.29, 1.82) is 5.26 Å². The van der Waals surface area contributed by atoms with Gasteiger partial charge in [0.25, 0.3) is 0 Å². The molecule has 0 aliphatic rings. The number of nitrogens with zero attached hydrogens (tertiary/aromatic N) is 3. The van der Waals surface area contributed by atoms with Crippen LogP contribution < -0.4 is 0 Å². The van der Waals surface area contributed by atoms with E-state index in [0.717, 1.165) is 0 Å². The second-order valence-corrected chi connectivity index (χ2v) is 2.76. The molecule has 11 heavy (non-hydrogen) atoms. The first-order valence-corrected chi connectivity index (χ1v) is 4.27. The molecule has 0 saturated heterocycles. The van der Waals surface area contributed by atoms with Crippen molar-refractivity contribution >= 4 is 23.4 Å². The molecule has 1 aromatic heterocycles. The molecular weight excluding hydrogens is 182 g/mol. The zero-order valence-electron chi connectivity index (χ0n) is 5.63. The number of nitriles is 1. The third kappa shape index (κ3) is 1.62. The van der Waals surface area contributed by atoms with Crippen molar-refractivity contribution in [2.45, 2.75) is 5.03 Å². The molecule has 0 atom stereocenters. The number of aromatic nitrogens is 2. The average Bonchev–Trinajstić information content (AvgIpc) is 2.04. The number of rotatable bonds is 1. The van der Waals surface area contributed by atoms with Crippen LogP contribution in [0.15, 0.2) is 5.03 Å². The van der Waals surface area contributed by atoms with Gasteiger partial charge in [0.2, 0.25) is 0 Å². The van der Waals surface area contributed by atoms with E-state index < -0.39 is 0 Å². The van der Waals surface area contributed by atoms with Crippen molar-refractivity contribution in [3.05, 3.63) is 17.0 Å². The summed E-state index contributed by atoms with van der Waals surface area (Å²) >= 11 is 6.93. The van der Waals surface area contributed by atoms with E-state index in [4.69, 9.17) is 16.9 Å². The van der Waals surface area contributed by atoms with Crippen molar-refractivity contribution in [3.8, 4) is 6.07 Å². The normalized spacial score (nSPS) is 9.18. The Hall–Kier alpha value is -0.790. The Kier molecular flexibility index (Phi) is 2.69. The fraction of sp³-hybridized carbons (Fsp3) is 0.167. The Morgan fingerprint density at radius 3 is 2.82 bits per heavy atom. The summed E-state index contributed by atoms with van der Waals surface area (Å²) in [6.45, 7) is 0. The standard InChI is InChI=1S/C6H3ClN3S/c1-11-6-4(2-8)5(7)9-3-10-6/h1H3. The second-order valence-electron chi connectivity index (χ2n) is 1.61. The van der Waals surface area contributed by atoms with E-state index in [2.05, 4.69) is 16.3 Å². The zero-order chi connectivity index (χ0) is 8.27. The lowest BCUT2D eigenvalue weighted by Crippen LogP contribution is -1.90. The summed E-state index contributed by atoms with van der Waals surface area (Å²) in [4.78, 5) is 7.30. The number of halogens is 1. The van der Waals surface area contributed by atoms with Gasteiger partial charge in [-0.05, 0) is 6.26 Å². The van der Waals surface area contributed by atoms with Crippen LogP contribution in [0, 0.1) is 17.7 Å². The predicted molar refractivity (Wildman–Crippen MR) is 42.4 cm³/mol. The Balaban J connectivity index is 3.27. The molecule has 0 saturated carbocycles. The molecule has 1 heterocycles. The summed E-state index contributed by atoms with van der Waals surface area (Å²) in [6, 6.07) is 1.92. The minimum Gasteiger partial charge on any atom is -0.217 e. The first-order valence-electron chi connectivity index (χ1n) is 2.67. The first-order chi connectivity index (χ1) is 5.29. The second kappa shape index (κ2) is 3.56. The van der Waals surface area contributed by atoms with E-state index in [1.54, 1.807) is 0 Å². The minimum absolute atomic E-state index is 0.159. The van der Waals surface area contributed by atoms with Crippen LogP contribution in [-0.4, -0.2) is 16.2 Å². The lowest BCUT2D eigenvalue weighted by molar-refractivity contribution is 1.02. The van der Waals surface area contributed by atoms with Gasteiger partial charge >= 0.3 is 0 Å². The molecule has 0 N–H and O–H groups in total. The summed E-state index contributed by atoms with van der Waals surface area (Å²) in [5.74, 6) is 0. The maximum atomic E-state index is 8.59. The van der Waals surface area contributed by atoms with E-state index in [9.17, 15) is 0 Å². The fourth-order valence-corrected chi connectivity index (χ4v) is 1.26. The molecule has 0 fully saturated rings. The molecule has 0 unspecified atom stereocenters. The van der Waals surface area contributed by atoms with Crippen LogP contribution in [0.3, 0.4) is 0 Å². The summed E-state index contributed by atoms with van der Waals surface area (Å²) in [5, 5.41) is 9.31. The smallest absolute Gasteiger partial charge is 0.200 e. The highest BCUT2D eigenvalue weighted by atomic mass is 35.5. The van der Waals surface area contributed by atoms with Gasteiger partial charge < -0.3 is 0 Å². The summed E-state index contributed by atoms with van der Waals surface area (Å²) in [7, 11) is 0. The zero-order valence-corrected chi connectivity index (χ0v) is 7.20. The highest BCUT2D eigenvalue weighted by Crippen LogP contribution is 2.20. The maximum absolute atomic E-state index is 8.59. The monoisotopic (exact) mass is 184 g/mol. The molecule has 5 heteroatoms. The molecule has 3 nitrogen and oxygen atoms in total. The molecule has 0 aromatic carbocycles. The van der Waals surface area contributed by atoms with Crippen LogP contribution >= 0.6 is 23.4 Å². The molecule has 1 radical (unpaired) electrons. The third-order valence-electron chi connectivity index (χ3n) is 1.03. The fourth-order valence-electron chi connectivity index (χ4n) is 0.556. The van der Waals surface area contributed by atoms with E-state index >= 15 is 0 Å². The van der Waals surface area contributed by atoms with Gasteiger partial charge in [-0.25, -0.2) is 9.97 Å². The number of hydrogen-bond donors (Lipinski definition) is 0. The topological polar surface area (TPSA) is 49.6 Å². The average molecular weight is 185 g/mol. The minimum atomic E-state index is 0.159. The van der Waals surface area contributed by atoms with Crippen LogP contribution in [0.25, 0.3) is 0 Å². The van der Waals surface area contributed by atoms with Crippen LogP contribution in [-0.2, 0) is 0 Å². The summed E-state index contributed by atoms with van der Waals surface area (Å²) in [6.07, 6.45) is 4.16.